The van der Waals surface area contributed by atoms with E-state index in [0.29, 0.717) is 0 Å². The van der Waals surface area contributed by atoms with Gasteiger partial charge in [0, 0.05) is 11.8 Å². The number of esters is 2. The van der Waals surface area contributed by atoms with Crippen molar-refractivity contribution in [2.75, 3.05) is 7.11 Å². The molecule has 0 saturated heterocycles. The molecule has 0 aliphatic rings. The van der Waals surface area contributed by atoms with E-state index in [4.69, 9.17) is 4.74 Å². The van der Waals surface area contributed by atoms with Crippen LogP contribution in [-0.4, -0.2) is 24.6 Å². The minimum absolute atomic E-state index is 0.595. The van der Waals surface area contributed by atoms with Gasteiger partial charge in [0.25, 0.3) is 0 Å². The molecule has 0 radical (unpaired) electrons. The zero-order valence-electron chi connectivity index (χ0n) is 8.13. The number of ether oxygens (including phenoxy) is 2. The molecule has 0 bridgehead atoms. The highest BCUT2D eigenvalue weighted by Gasteiger charge is 2.14. The monoisotopic (exact) mass is 184 g/mol. The van der Waals surface area contributed by atoms with Crippen LogP contribution in [0.3, 0.4) is 0 Å². The van der Waals surface area contributed by atoms with E-state index < -0.39 is 17.5 Å². The third-order valence-electron chi connectivity index (χ3n) is 0.851. The Morgan fingerprint density at radius 2 is 1.54 bits per heavy atom. The third kappa shape index (κ3) is 6.88. The average molecular weight is 184 g/mol. The highest BCUT2D eigenvalue weighted by atomic mass is 16.6. The van der Waals surface area contributed by atoms with E-state index >= 15 is 0 Å². The van der Waals surface area contributed by atoms with Crippen LogP contribution < -0.4 is 0 Å². The molecule has 0 spiro atoms. The Morgan fingerprint density at radius 1 is 1.08 bits per heavy atom. The quantitative estimate of drug-likeness (QED) is 0.312. The summed E-state index contributed by atoms with van der Waals surface area (Å²) in [4.78, 5) is 21.4. The van der Waals surface area contributed by atoms with Crippen molar-refractivity contribution in [2.24, 2.45) is 0 Å². The van der Waals surface area contributed by atoms with Crippen LogP contribution >= 0.6 is 0 Å². The molecule has 0 saturated carbocycles. The maximum atomic E-state index is 10.9. The molecule has 4 nitrogen and oxygen atoms in total. The van der Waals surface area contributed by atoms with Crippen LogP contribution in [0.4, 0.5) is 0 Å². The number of carbonyl (C=O) groups excluding carboxylic acids is 2. The SMILES string of the molecule is COC(=O)C#CC(=O)OC(C)(C)C. The van der Waals surface area contributed by atoms with Gasteiger partial charge in [-0.1, -0.05) is 0 Å². The lowest BCUT2D eigenvalue weighted by Gasteiger charge is -2.16. The second-order valence-corrected chi connectivity index (χ2v) is 3.24. The van der Waals surface area contributed by atoms with Gasteiger partial charge in [0.1, 0.15) is 5.60 Å². The third-order valence-corrected chi connectivity index (χ3v) is 0.851. The first-order valence-electron chi connectivity index (χ1n) is 3.68. The summed E-state index contributed by atoms with van der Waals surface area (Å²) in [7, 11) is 1.19. The topological polar surface area (TPSA) is 52.6 Å². The molecule has 13 heavy (non-hydrogen) atoms. The van der Waals surface area contributed by atoms with Crippen LogP contribution in [0.25, 0.3) is 0 Å². The van der Waals surface area contributed by atoms with Gasteiger partial charge in [-0.15, -0.1) is 0 Å². The molecule has 0 atom stereocenters. The number of hydrogen-bond donors (Lipinski definition) is 0. The van der Waals surface area contributed by atoms with E-state index in [0.717, 1.165) is 0 Å². The van der Waals surface area contributed by atoms with Crippen LogP contribution in [0.5, 0.6) is 0 Å². The maximum Gasteiger partial charge on any atom is 0.385 e. The molecule has 0 aromatic carbocycles. The number of carbonyl (C=O) groups is 2. The summed E-state index contributed by atoms with van der Waals surface area (Å²) in [6.45, 7) is 5.14. The van der Waals surface area contributed by atoms with Crippen molar-refractivity contribution in [1.29, 1.82) is 0 Å². The molecular formula is C9H12O4. The first-order chi connectivity index (χ1) is 5.85. The van der Waals surface area contributed by atoms with Crippen LogP contribution in [0.1, 0.15) is 20.8 Å². The van der Waals surface area contributed by atoms with Crippen molar-refractivity contribution in [2.45, 2.75) is 26.4 Å². The van der Waals surface area contributed by atoms with Gasteiger partial charge in [0.05, 0.1) is 7.11 Å². The van der Waals surface area contributed by atoms with Gasteiger partial charge < -0.3 is 9.47 Å². The van der Waals surface area contributed by atoms with E-state index in [-0.39, 0.29) is 0 Å². The second kappa shape index (κ2) is 4.51. The predicted molar refractivity (Wildman–Crippen MR) is 45.6 cm³/mol. The van der Waals surface area contributed by atoms with Gasteiger partial charge in [0.2, 0.25) is 0 Å². The normalized spacial score (nSPS) is 9.54. The van der Waals surface area contributed by atoms with Crippen molar-refractivity contribution in [3.8, 4) is 11.8 Å². The summed E-state index contributed by atoms with van der Waals surface area (Å²) in [6, 6.07) is 0. The van der Waals surface area contributed by atoms with Crippen molar-refractivity contribution in [1.82, 2.24) is 0 Å². The summed E-state index contributed by atoms with van der Waals surface area (Å²) < 4.78 is 9.02. The highest BCUT2D eigenvalue weighted by molar-refractivity contribution is 5.98. The van der Waals surface area contributed by atoms with Gasteiger partial charge >= 0.3 is 11.9 Å². The molecule has 0 unspecified atom stereocenters. The Balaban J connectivity index is 4.14. The molecule has 0 N–H and O–H groups in total. The van der Waals surface area contributed by atoms with Gasteiger partial charge in [-0.3, -0.25) is 0 Å². The minimum Gasteiger partial charge on any atom is -0.459 e. The Morgan fingerprint density at radius 3 is 1.92 bits per heavy atom. The molecule has 0 fully saturated rings. The van der Waals surface area contributed by atoms with Crippen molar-refractivity contribution in [3.63, 3.8) is 0 Å². The van der Waals surface area contributed by atoms with Crippen molar-refractivity contribution in [3.05, 3.63) is 0 Å². The van der Waals surface area contributed by atoms with Gasteiger partial charge in [0.15, 0.2) is 0 Å². The van der Waals surface area contributed by atoms with Crippen molar-refractivity contribution < 1.29 is 19.1 Å². The van der Waals surface area contributed by atoms with Gasteiger partial charge in [-0.05, 0) is 20.8 Å². The summed E-state index contributed by atoms with van der Waals surface area (Å²) >= 11 is 0. The fourth-order valence-electron chi connectivity index (χ4n) is 0.457. The lowest BCUT2D eigenvalue weighted by atomic mass is 10.2. The zero-order valence-corrected chi connectivity index (χ0v) is 8.13. The maximum absolute atomic E-state index is 10.9. The van der Waals surface area contributed by atoms with E-state index in [1.54, 1.807) is 20.8 Å². The Bertz CT molecular complexity index is 262. The average Bonchev–Trinajstić information content (AvgIpc) is 1.97. The Hall–Kier alpha value is -1.50. The largest absolute Gasteiger partial charge is 0.459 e. The highest BCUT2D eigenvalue weighted by Crippen LogP contribution is 2.05. The Labute approximate surface area is 77.2 Å². The summed E-state index contributed by atoms with van der Waals surface area (Å²) in [6.07, 6.45) is 0. The number of methoxy groups -OCH3 is 1. The molecule has 0 aliphatic heterocycles. The van der Waals surface area contributed by atoms with Gasteiger partial charge in [-0.2, -0.15) is 0 Å². The fraction of sp³-hybridized carbons (Fsp3) is 0.556. The Kier molecular flexibility index (Phi) is 3.99. The molecule has 0 aromatic heterocycles. The van der Waals surface area contributed by atoms with Crippen LogP contribution in [0.2, 0.25) is 0 Å². The summed E-state index contributed by atoms with van der Waals surface area (Å²) in [5.41, 5.74) is -0.595. The molecule has 4 heteroatoms. The lowest BCUT2D eigenvalue weighted by Crippen LogP contribution is -2.22. The zero-order chi connectivity index (χ0) is 10.5. The number of rotatable bonds is 0. The molecule has 0 aliphatic carbocycles. The van der Waals surface area contributed by atoms with E-state index in [2.05, 4.69) is 4.74 Å². The van der Waals surface area contributed by atoms with Crippen LogP contribution in [0, 0.1) is 11.8 Å². The minimum atomic E-state index is -0.758. The molecule has 0 rings (SSSR count). The smallest absolute Gasteiger partial charge is 0.385 e. The molecule has 0 heterocycles. The molecular weight excluding hydrogens is 172 g/mol. The lowest BCUT2D eigenvalue weighted by molar-refractivity contribution is -0.147. The number of hydrogen-bond acceptors (Lipinski definition) is 4. The summed E-state index contributed by atoms with van der Waals surface area (Å²) in [5, 5.41) is 0. The van der Waals surface area contributed by atoms with E-state index in [1.807, 2.05) is 11.8 Å². The van der Waals surface area contributed by atoms with E-state index in [9.17, 15) is 9.59 Å². The fourth-order valence-corrected chi connectivity index (χ4v) is 0.457. The molecule has 72 valence electrons. The van der Waals surface area contributed by atoms with Crippen LogP contribution in [-0.2, 0) is 19.1 Å². The molecule has 0 aromatic rings. The van der Waals surface area contributed by atoms with Crippen LogP contribution in [0.15, 0.2) is 0 Å². The van der Waals surface area contributed by atoms with Crippen molar-refractivity contribution >= 4 is 11.9 Å². The van der Waals surface area contributed by atoms with E-state index in [1.165, 1.54) is 7.11 Å². The molecule has 0 amide bonds. The standard InChI is InChI=1S/C9H12O4/c1-9(2,3)13-8(11)6-5-7(10)12-4/h1-4H3. The summed E-state index contributed by atoms with van der Waals surface area (Å²) in [5.74, 6) is 2.48. The first kappa shape index (κ1) is 11.5. The second-order valence-electron chi connectivity index (χ2n) is 3.24. The van der Waals surface area contributed by atoms with Gasteiger partial charge in [-0.25, -0.2) is 9.59 Å². The predicted octanol–water partition coefficient (Wildman–Crippen LogP) is 0.504. The first-order valence-corrected chi connectivity index (χ1v) is 3.68.